The number of fused-ring (bicyclic) bond motifs is 2. The van der Waals surface area contributed by atoms with Crippen molar-refractivity contribution >= 4 is 10.9 Å². The number of nitrogens with zero attached hydrogens (tertiary/aromatic N) is 2. The van der Waals surface area contributed by atoms with Crippen molar-refractivity contribution in [2.75, 3.05) is 26.0 Å². The van der Waals surface area contributed by atoms with Gasteiger partial charge >= 0.3 is 0 Å². The quantitative estimate of drug-likeness (QED) is 0.677. The van der Waals surface area contributed by atoms with Gasteiger partial charge in [-0.2, -0.15) is 0 Å². The fourth-order valence-corrected chi connectivity index (χ4v) is 5.26. The van der Waals surface area contributed by atoms with E-state index in [-0.39, 0.29) is 0 Å². The number of hydrogen-bond donors (Lipinski definition) is 1. The molecule has 2 heterocycles. The third-order valence-corrected chi connectivity index (χ3v) is 6.82. The lowest BCUT2D eigenvalue weighted by Crippen LogP contribution is -2.29. The number of hydrogen-bond acceptors (Lipinski definition) is 2. The molecule has 1 aliphatic heterocycles. The summed E-state index contributed by atoms with van der Waals surface area (Å²) in [5.41, 5.74) is 7.12. The predicted molar refractivity (Wildman–Crippen MR) is 113 cm³/mol. The predicted octanol–water partition coefficient (Wildman–Crippen LogP) is 4.63. The summed E-state index contributed by atoms with van der Waals surface area (Å²) in [5, 5.41) is 1.37. The first kappa shape index (κ1) is 16.9. The van der Waals surface area contributed by atoms with Crippen LogP contribution in [-0.4, -0.2) is 29.7 Å². The molecule has 2 N–H and O–H groups in total. The minimum atomic E-state index is 0.519. The van der Waals surface area contributed by atoms with Crippen LogP contribution in [0.15, 0.2) is 48.7 Å². The first-order valence-corrected chi connectivity index (χ1v) is 10.4. The van der Waals surface area contributed by atoms with E-state index in [2.05, 4.69) is 60.6 Å². The second kappa shape index (κ2) is 6.72. The van der Waals surface area contributed by atoms with Crippen molar-refractivity contribution in [2.45, 2.75) is 43.9 Å². The fourth-order valence-electron chi connectivity index (χ4n) is 5.26. The lowest BCUT2D eigenvalue weighted by molar-refractivity contribution is 0.256. The SMILES string of the molecule is CN1CCC(c2cn(N)c3ccc(C4CCCc5ccccc54)cc23)CC1. The molecule has 1 saturated heterocycles. The van der Waals surface area contributed by atoms with Crippen LogP contribution in [0, 0.1) is 0 Å². The number of aryl methyl sites for hydroxylation is 1. The molecule has 1 aromatic heterocycles. The maximum absolute atomic E-state index is 6.32. The highest BCUT2D eigenvalue weighted by Gasteiger charge is 2.25. The molecule has 3 aromatic rings. The van der Waals surface area contributed by atoms with E-state index in [0.717, 1.165) is 5.52 Å². The highest BCUT2D eigenvalue weighted by Crippen LogP contribution is 2.40. The first-order valence-electron chi connectivity index (χ1n) is 10.4. The summed E-state index contributed by atoms with van der Waals surface area (Å²) in [6, 6.07) is 16.0. The van der Waals surface area contributed by atoms with E-state index in [1.807, 2.05) is 4.68 Å². The van der Waals surface area contributed by atoms with E-state index in [9.17, 15) is 0 Å². The van der Waals surface area contributed by atoms with Crippen LogP contribution in [-0.2, 0) is 6.42 Å². The minimum absolute atomic E-state index is 0.519. The van der Waals surface area contributed by atoms with Gasteiger partial charge in [0.1, 0.15) is 0 Å². The molecule has 0 bridgehead atoms. The number of aromatic nitrogens is 1. The summed E-state index contributed by atoms with van der Waals surface area (Å²) < 4.78 is 1.83. The van der Waals surface area contributed by atoms with E-state index in [4.69, 9.17) is 5.84 Å². The lowest BCUT2D eigenvalue weighted by Gasteiger charge is -2.29. The molecule has 3 heteroatoms. The zero-order chi connectivity index (χ0) is 18.4. The van der Waals surface area contributed by atoms with E-state index in [1.165, 1.54) is 72.8 Å². The summed E-state index contributed by atoms with van der Waals surface area (Å²) in [7, 11) is 2.22. The Hall–Kier alpha value is -2.26. The molecule has 2 aliphatic rings. The largest absolute Gasteiger partial charge is 0.339 e. The molecular formula is C24H29N3. The molecule has 0 saturated carbocycles. The van der Waals surface area contributed by atoms with Gasteiger partial charge in [-0.25, -0.2) is 0 Å². The molecule has 27 heavy (non-hydrogen) atoms. The normalized spacial score (nSPS) is 21.4. The Kier molecular flexibility index (Phi) is 4.20. The fraction of sp³-hybridized carbons (Fsp3) is 0.417. The summed E-state index contributed by atoms with van der Waals surface area (Å²) in [4.78, 5) is 2.43. The van der Waals surface area contributed by atoms with Crippen LogP contribution in [0.1, 0.15) is 59.8 Å². The highest BCUT2D eigenvalue weighted by atomic mass is 15.3. The van der Waals surface area contributed by atoms with E-state index >= 15 is 0 Å². The van der Waals surface area contributed by atoms with Crippen LogP contribution < -0.4 is 5.84 Å². The first-order chi connectivity index (χ1) is 13.2. The average molecular weight is 360 g/mol. The van der Waals surface area contributed by atoms with Crippen molar-refractivity contribution in [1.82, 2.24) is 9.58 Å². The Morgan fingerprint density at radius 2 is 1.78 bits per heavy atom. The van der Waals surface area contributed by atoms with Crippen molar-refractivity contribution in [2.24, 2.45) is 0 Å². The molecule has 1 fully saturated rings. The number of likely N-dealkylation sites (tertiary alicyclic amines) is 1. The summed E-state index contributed by atoms with van der Waals surface area (Å²) in [5.74, 6) is 7.47. The van der Waals surface area contributed by atoms with Gasteiger partial charge in [0.2, 0.25) is 0 Å². The van der Waals surface area contributed by atoms with Gasteiger partial charge in [-0.3, -0.25) is 4.68 Å². The zero-order valence-electron chi connectivity index (χ0n) is 16.2. The second-order valence-corrected chi connectivity index (χ2v) is 8.49. The Morgan fingerprint density at radius 3 is 2.63 bits per heavy atom. The van der Waals surface area contributed by atoms with Crippen molar-refractivity contribution in [3.63, 3.8) is 0 Å². The molecule has 0 radical (unpaired) electrons. The van der Waals surface area contributed by atoms with Crippen LogP contribution in [0.4, 0.5) is 0 Å². The van der Waals surface area contributed by atoms with Crippen LogP contribution >= 0.6 is 0 Å². The van der Waals surface area contributed by atoms with Gasteiger partial charge in [-0.05, 0) is 92.5 Å². The van der Waals surface area contributed by atoms with Gasteiger partial charge in [0.05, 0.1) is 5.52 Å². The van der Waals surface area contributed by atoms with Crippen LogP contribution in [0.3, 0.4) is 0 Å². The van der Waals surface area contributed by atoms with Crippen molar-refractivity contribution < 1.29 is 0 Å². The van der Waals surface area contributed by atoms with E-state index in [1.54, 1.807) is 0 Å². The molecule has 1 aliphatic carbocycles. The number of benzene rings is 2. The maximum atomic E-state index is 6.32. The second-order valence-electron chi connectivity index (χ2n) is 8.49. The van der Waals surface area contributed by atoms with Crippen LogP contribution in [0.25, 0.3) is 10.9 Å². The lowest BCUT2D eigenvalue weighted by atomic mass is 9.78. The van der Waals surface area contributed by atoms with E-state index in [0.29, 0.717) is 11.8 Å². The van der Waals surface area contributed by atoms with Gasteiger partial charge < -0.3 is 10.7 Å². The monoisotopic (exact) mass is 359 g/mol. The molecule has 1 atom stereocenters. The highest BCUT2D eigenvalue weighted by molar-refractivity contribution is 5.85. The van der Waals surface area contributed by atoms with Crippen LogP contribution in [0.2, 0.25) is 0 Å². The standard InChI is InChI=1S/C24H29N3/c1-26-13-11-18(12-14-26)23-16-27(25)24-10-9-19(15-22(23)24)21-8-4-6-17-5-2-3-7-20(17)21/h2-3,5,7,9-10,15-16,18,21H,4,6,8,11-14,25H2,1H3. The summed E-state index contributed by atoms with van der Waals surface area (Å²) >= 11 is 0. The van der Waals surface area contributed by atoms with Crippen molar-refractivity contribution in [1.29, 1.82) is 0 Å². The molecule has 0 spiro atoms. The molecule has 1 unspecified atom stereocenters. The Bertz CT molecular complexity index is 963. The Balaban J connectivity index is 1.57. The summed E-state index contributed by atoms with van der Waals surface area (Å²) in [6.45, 7) is 2.36. The topological polar surface area (TPSA) is 34.2 Å². The minimum Gasteiger partial charge on any atom is -0.339 e. The van der Waals surface area contributed by atoms with Gasteiger partial charge in [-0.1, -0.05) is 30.3 Å². The number of nitrogen functional groups attached to an aromatic ring is 1. The molecule has 5 rings (SSSR count). The maximum Gasteiger partial charge on any atom is 0.0693 e. The zero-order valence-corrected chi connectivity index (χ0v) is 16.2. The Labute approximate surface area is 161 Å². The van der Waals surface area contributed by atoms with Gasteiger partial charge in [0.25, 0.3) is 0 Å². The smallest absolute Gasteiger partial charge is 0.0693 e. The molecule has 3 nitrogen and oxygen atoms in total. The molecular weight excluding hydrogens is 330 g/mol. The molecule has 140 valence electrons. The third kappa shape index (κ3) is 2.94. The summed E-state index contributed by atoms with van der Waals surface area (Å²) in [6.07, 6.45) is 8.38. The average Bonchev–Trinajstić information content (AvgIpc) is 3.04. The number of piperidine rings is 1. The van der Waals surface area contributed by atoms with Gasteiger partial charge in [-0.15, -0.1) is 0 Å². The van der Waals surface area contributed by atoms with E-state index < -0.39 is 0 Å². The van der Waals surface area contributed by atoms with Crippen LogP contribution in [0.5, 0.6) is 0 Å². The molecule has 2 aromatic carbocycles. The van der Waals surface area contributed by atoms with Crippen molar-refractivity contribution in [3.8, 4) is 0 Å². The number of rotatable bonds is 2. The number of nitrogens with two attached hydrogens (primary N) is 1. The Morgan fingerprint density at radius 1 is 0.963 bits per heavy atom. The molecule has 0 amide bonds. The third-order valence-electron chi connectivity index (χ3n) is 6.82. The van der Waals surface area contributed by atoms with Crippen molar-refractivity contribution in [3.05, 3.63) is 70.9 Å². The van der Waals surface area contributed by atoms with Gasteiger partial charge in [0.15, 0.2) is 0 Å². The van der Waals surface area contributed by atoms with Gasteiger partial charge in [0, 0.05) is 17.5 Å².